The number of ether oxygens (including phenoxy) is 1. The van der Waals surface area contributed by atoms with E-state index in [2.05, 4.69) is 6.92 Å². The average molecular weight is 256 g/mol. The second-order valence-electron chi connectivity index (χ2n) is 5.12. The Balaban J connectivity index is 2.54. The minimum atomic E-state index is 0.264. The van der Waals surface area contributed by atoms with Crippen LogP contribution in [0.15, 0.2) is 0 Å². The van der Waals surface area contributed by atoms with Crippen LogP contribution in [0, 0.1) is 5.92 Å². The summed E-state index contributed by atoms with van der Waals surface area (Å²) in [5.41, 5.74) is 5.85. The van der Waals surface area contributed by atoms with Crippen LogP contribution in [0.5, 0.6) is 0 Å². The molecule has 1 amide bonds. The number of methoxy groups -OCH3 is 1. The summed E-state index contributed by atoms with van der Waals surface area (Å²) in [6.07, 6.45) is 6.17. The average Bonchev–Trinajstić information content (AvgIpc) is 2.40. The van der Waals surface area contributed by atoms with Gasteiger partial charge in [-0.1, -0.05) is 12.8 Å². The van der Waals surface area contributed by atoms with E-state index in [9.17, 15) is 4.79 Å². The third-order valence-corrected chi connectivity index (χ3v) is 3.97. The van der Waals surface area contributed by atoms with Crippen molar-refractivity contribution in [2.24, 2.45) is 11.7 Å². The quantitative estimate of drug-likeness (QED) is 0.706. The van der Waals surface area contributed by atoms with Crippen molar-refractivity contribution in [3.8, 4) is 0 Å². The highest BCUT2D eigenvalue weighted by Gasteiger charge is 2.30. The standard InChI is InChI=1S/C14H28N2O2/c1-3-16(14(17)9-6-10-18-2)13-8-5-4-7-12(13)11-15/h12-13H,3-11,15H2,1-2H3. The number of carbonyl (C=O) groups excluding carboxylic acids is 1. The van der Waals surface area contributed by atoms with Crippen LogP contribution in [0.3, 0.4) is 0 Å². The second-order valence-corrected chi connectivity index (χ2v) is 5.12. The van der Waals surface area contributed by atoms with Crippen molar-refractivity contribution in [3.63, 3.8) is 0 Å². The third-order valence-electron chi connectivity index (χ3n) is 3.97. The maximum Gasteiger partial charge on any atom is 0.222 e. The first-order valence-electron chi connectivity index (χ1n) is 7.23. The number of hydrogen-bond acceptors (Lipinski definition) is 3. The fraction of sp³-hybridized carbons (Fsp3) is 0.929. The zero-order valence-corrected chi connectivity index (χ0v) is 11.9. The van der Waals surface area contributed by atoms with Gasteiger partial charge in [-0.15, -0.1) is 0 Å². The van der Waals surface area contributed by atoms with Gasteiger partial charge in [-0.25, -0.2) is 0 Å². The van der Waals surface area contributed by atoms with Gasteiger partial charge in [-0.05, 0) is 38.6 Å². The van der Waals surface area contributed by atoms with Crippen LogP contribution in [-0.4, -0.2) is 43.7 Å². The van der Waals surface area contributed by atoms with Crippen LogP contribution in [0.2, 0.25) is 0 Å². The fourth-order valence-corrected chi connectivity index (χ4v) is 2.98. The molecule has 0 heterocycles. The summed E-state index contributed by atoms with van der Waals surface area (Å²) < 4.78 is 5.00. The first kappa shape index (κ1) is 15.4. The highest BCUT2D eigenvalue weighted by molar-refractivity contribution is 5.76. The maximum atomic E-state index is 12.2. The Bertz CT molecular complexity index is 246. The Labute approximate surface area is 111 Å². The Morgan fingerprint density at radius 1 is 1.39 bits per heavy atom. The molecule has 1 fully saturated rings. The van der Waals surface area contributed by atoms with Crippen LogP contribution in [-0.2, 0) is 9.53 Å². The summed E-state index contributed by atoms with van der Waals surface area (Å²) in [7, 11) is 1.67. The second kappa shape index (κ2) is 8.48. The summed E-state index contributed by atoms with van der Waals surface area (Å²) in [5.74, 6) is 0.755. The van der Waals surface area contributed by atoms with Gasteiger partial charge in [0.2, 0.25) is 5.91 Å². The summed E-state index contributed by atoms with van der Waals surface area (Å²) in [5, 5.41) is 0. The molecule has 1 saturated carbocycles. The highest BCUT2D eigenvalue weighted by atomic mass is 16.5. The maximum absolute atomic E-state index is 12.2. The molecule has 0 bridgehead atoms. The molecule has 1 aliphatic carbocycles. The molecule has 18 heavy (non-hydrogen) atoms. The van der Waals surface area contributed by atoms with Crippen molar-refractivity contribution in [3.05, 3.63) is 0 Å². The number of hydrogen-bond donors (Lipinski definition) is 1. The van der Waals surface area contributed by atoms with Gasteiger partial charge in [0, 0.05) is 32.7 Å². The first-order valence-corrected chi connectivity index (χ1v) is 7.23. The molecular weight excluding hydrogens is 228 g/mol. The summed E-state index contributed by atoms with van der Waals surface area (Å²) in [6.45, 7) is 4.23. The van der Waals surface area contributed by atoms with Crippen molar-refractivity contribution in [2.45, 2.75) is 51.5 Å². The van der Waals surface area contributed by atoms with E-state index in [1.165, 1.54) is 19.3 Å². The smallest absolute Gasteiger partial charge is 0.222 e. The zero-order chi connectivity index (χ0) is 13.4. The molecule has 2 unspecified atom stereocenters. The number of amides is 1. The lowest BCUT2D eigenvalue weighted by molar-refractivity contribution is -0.135. The van der Waals surface area contributed by atoms with Gasteiger partial charge in [0.1, 0.15) is 0 Å². The van der Waals surface area contributed by atoms with Crippen molar-refractivity contribution in [1.82, 2.24) is 4.90 Å². The lowest BCUT2D eigenvalue weighted by Crippen LogP contribution is -2.48. The van der Waals surface area contributed by atoms with E-state index in [1.807, 2.05) is 4.90 Å². The molecule has 4 heteroatoms. The number of nitrogens with two attached hydrogens (primary N) is 1. The lowest BCUT2D eigenvalue weighted by atomic mass is 9.83. The number of carbonyl (C=O) groups is 1. The van der Waals surface area contributed by atoms with Crippen LogP contribution in [0.4, 0.5) is 0 Å². The van der Waals surface area contributed by atoms with Crippen LogP contribution in [0.1, 0.15) is 45.4 Å². The van der Waals surface area contributed by atoms with Gasteiger partial charge in [-0.3, -0.25) is 4.79 Å². The highest BCUT2D eigenvalue weighted by Crippen LogP contribution is 2.28. The Morgan fingerprint density at radius 2 is 2.11 bits per heavy atom. The molecule has 0 spiro atoms. The molecule has 4 nitrogen and oxygen atoms in total. The van der Waals surface area contributed by atoms with Gasteiger partial charge < -0.3 is 15.4 Å². The first-order chi connectivity index (χ1) is 8.74. The van der Waals surface area contributed by atoms with Crippen LogP contribution < -0.4 is 5.73 Å². The molecular formula is C14H28N2O2. The van der Waals surface area contributed by atoms with E-state index in [1.54, 1.807) is 7.11 Å². The predicted octanol–water partition coefficient (Wildman–Crippen LogP) is 1.78. The molecule has 0 aliphatic heterocycles. The molecule has 1 aliphatic rings. The van der Waals surface area contributed by atoms with E-state index in [-0.39, 0.29) is 5.91 Å². The molecule has 106 valence electrons. The van der Waals surface area contributed by atoms with Crippen LogP contribution >= 0.6 is 0 Å². The number of rotatable bonds is 7. The molecule has 0 saturated heterocycles. The SMILES string of the molecule is CCN(C(=O)CCCOC)C1CCCCC1CN. The van der Waals surface area contributed by atoms with Gasteiger partial charge in [0.15, 0.2) is 0 Å². The molecule has 0 aromatic heterocycles. The van der Waals surface area contributed by atoms with Crippen molar-refractivity contribution < 1.29 is 9.53 Å². The van der Waals surface area contributed by atoms with E-state index in [0.717, 1.165) is 19.4 Å². The zero-order valence-electron chi connectivity index (χ0n) is 11.9. The molecule has 0 aromatic rings. The minimum Gasteiger partial charge on any atom is -0.385 e. The van der Waals surface area contributed by atoms with Crippen molar-refractivity contribution >= 4 is 5.91 Å². The van der Waals surface area contributed by atoms with Gasteiger partial charge >= 0.3 is 0 Å². The van der Waals surface area contributed by atoms with Crippen molar-refractivity contribution in [2.75, 3.05) is 26.8 Å². The van der Waals surface area contributed by atoms with E-state index < -0.39 is 0 Å². The minimum absolute atomic E-state index is 0.264. The molecule has 2 N–H and O–H groups in total. The van der Waals surface area contributed by atoms with Crippen molar-refractivity contribution in [1.29, 1.82) is 0 Å². The topological polar surface area (TPSA) is 55.6 Å². The fourth-order valence-electron chi connectivity index (χ4n) is 2.98. The molecule has 0 radical (unpaired) electrons. The van der Waals surface area contributed by atoms with Gasteiger partial charge in [0.25, 0.3) is 0 Å². The largest absolute Gasteiger partial charge is 0.385 e. The molecule has 0 aromatic carbocycles. The van der Waals surface area contributed by atoms with Gasteiger partial charge in [0.05, 0.1) is 0 Å². The van der Waals surface area contributed by atoms with E-state index >= 15 is 0 Å². The Kier molecular flexibility index (Phi) is 7.28. The molecule has 2 atom stereocenters. The monoisotopic (exact) mass is 256 g/mol. The Hall–Kier alpha value is -0.610. The third kappa shape index (κ3) is 4.25. The summed E-state index contributed by atoms with van der Waals surface area (Å²) in [4.78, 5) is 14.3. The van der Waals surface area contributed by atoms with Gasteiger partial charge in [-0.2, -0.15) is 0 Å². The van der Waals surface area contributed by atoms with E-state index in [4.69, 9.17) is 10.5 Å². The Morgan fingerprint density at radius 3 is 2.72 bits per heavy atom. The summed E-state index contributed by atoms with van der Waals surface area (Å²) in [6, 6.07) is 0.365. The number of nitrogens with zero attached hydrogens (tertiary/aromatic N) is 1. The van der Waals surface area contributed by atoms with Crippen LogP contribution in [0.25, 0.3) is 0 Å². The predicted molar refractivity (Wildman–Crippen MR) is 73.3 cm³/mol. The summed E-state index contributed by atoms with van der Waals surface area (Å²) >= 11 is 0. The van der Waals surface area contributed by atoms with E-state index in [0.29, 0.717) is 31.5 Å². The lowest BCUT2D eigenvalue weighted by Gasteiger charge is -2.39. The molecule has 1 rings (SSSR count). The normalized spacial score (nSPS) is 23.9.